The number of thioether (sulfide) groups is 1. The Morgan fingerprint density at radius 2 is 2.11 bits per heavy atom. The lowest BCUT2D eigenvalue weighted by molar-refractivity contribution is 0.613. The van der Waals surface area contributed by atoms with Crippen molar-refractivity contribution in [2.24, 2.45) is 0 Å². The van der Waals surface area contributed by atoms with Gasteiger partial charge in [0.25, 0.3) is 0 Å². The van der Waals surface area contributed by atoms with Crippen molar-refractivity contribution in [3.05, 3.63) is 40.7 Å². The van der Waals surface area contributed by atoms with E-state index in [9.17, 15) is 0 Å². The van der Waals surface area contributed by atoms with Crippen molar-refractivity contribution >= 4 is 23.4 Å². The van der Waals surface area contributed by atoms with Crippen molar-refractivity contribution in [1.29, 1.82) is 0 Å². The van der Waals surface area contributed by atoms with Gasteiger partial charge < -0.3 is 4.57 Å². The molecule has 0 amide bonds. The van der Waals surface area contributed by atoms with Crippen molar-refractivity contribution in [2.45, 2.75) is 44.1 Å². The fourth-order valence-electron chi connectivity index (χ4n) is 1.91. The highest BCUT2D eigenvalue weighted by molar-refractivity contribution is 7.98. The Balaban J connectivity index is 2.11. The molecule has 2 aromatic rings. The normalized spacial score (nSPS) is 11.2. The van der Waals surface area contributed by atoms with Crippen LogP contribution in [-0.4, -0.2) is 14.8 Å². The summed E-state index contributed by atoms with van der Waals surface area (Å²) in [6.45, 7) is 7.31. The van der Waals surface area contributed by atoms with E-state index in [0.29, 0.717) is 5.92 Å². The summed E-state index contributed by atoms with van der Waals surface area (Å²) in [6.07, 6.45) is 0. The largest absolute Gasteiger partial charge is 0.306 e. The smallest absolute Gasteiger partial charge is 0.191 e. The molecular weight excluding hydrogens is 278 g/mol. The van der Waals surface area contributed by atoms with Crippen LogP contribution in [0.1, 0.15) is 38.1 Å². The summed E-state index contributed by atoms with van der Waals surface area (Å²) in [4.78, 5) is 0. The van der Waals surface area contributed by atoms with E-state index in [0.717, 1.165) is 28.3 Å². The fraction of sp³-hybridized carbons (Fsp3) is 0.429. The first kappa shape index (κ1) is 14.4. The zero-order chi connectivity index (χ0) is 13.8. The molecule has 5 heteroatoms. The Morgan fingerprint density at radius 3 is 2.74 bits per heavy atom. The molecule has 0 saturated heterocycles. The lowest BCUT2D eigenvalue weighted by Gasteiger charge is -2.09. The predicted molar refractivity (Wildman–Crippen MR) is 80.8 cm³/mol. The second kappa shape index (κ2) is 6.44. The number of rotatable bonds is 5. The van der Waals surface area contributed by atoms with E-state index in [1.165, 1.54) is 5.56 Å². The Labute approximate surface area is 123 Å². The molecule has 0 atom stereocenters. The van der Waals surface area contributed by atoms with Crippen LogP contribution in [0.4, 0.5) is 0 Å². The van der Waals surface area contributed by atoms with Gasteiger partial charge in [0.1, 0.15) is 5.82 Å². The summed E-state index contributed by atoms with van der Waals surface area (Å²) >= 11 is 7.69. The van der Waals surface area contributed by atoms with E-state index in [1.807, 2.05) is 18.2 Å². The molecule has 0 N–H and O–H groups in total. The molecule has 1 aromatic carbocycles. The van der Waals surface area contributed by atoms with E-state index in [1.54, 1.807) is 11.8 Å². The van der Waals surface area contributed by atoms with Gasteiger partial charge in [0.05, 0.1) is 0 Å². The highest BCUT2D eigenvalue weighted by Crippen LogP contribution is 2.25. The van der Waals surface area contributed by atoms with Crippen molar-refractivity contribution < 1.29 is 0 Å². The molecule has 0 unspecified atom stereocenters. The summed E-state index contributed by atoms with van der Waals surface area (Å²) in [7, 11) is 0. The van der Waals surface area contributed by atoms with Crippen LogP contribution < -0.4 is 0 Å². The van der Waals surface area contributed by atoms with Gasteiger partial charge in [-0.3, -0.25) is 0 Å². The SMILES string of the molecule is CCn1c(SCc2cccc(Cl)c2)nnc1C(C)C. The molecule has 1 heterocycles. The number of aromatic nitrogens is 3. The maximum absolute atomic E-state index is 5.99. The van der Waals surface area contributed by atoms with Crippen molar-refractivity contribution in [1.82, 2.24) is 14.8 Å². The van der Waals surface area contributed by atoms with Crippen LogP contribution in [0.3, 0.4) is 0 Å². The Hall–Kier alpha value is -1.00. The van der Waals surface area contributed by atoms with Crippen LogP contribution in [0.2, 0.25) is 5.02 Å². The molecule has 0 aliphatic carbocycles. The molecule has 0 radical (unpaired) electrons. The quantitative estimate of drug-likeness (QED) is 0.768. The molecule has 0 aliphatic heterocycles. The van der Waals surface area contributed by atoms with Gasteiger partial charge in [-0.2, -0.15) is 0 Å². The van der Waals surface area contributed by atoms with Crippen LogP contribution >= 0.6 is 23.4 Å². The highest BCUT2D eigenvalue weighted by atomic mass is 35.5. The Kier molecular flexibility index (Phi) is 4.88. The highest BCUT2D eigenvalue weighted by Gasteiger charge is 2.13. The van der Waals surface area contributed by atoms with Gasteiger partial charge in [0.2, 0.25) is 0 Å². The predicted octanol–water partition coefficient (Wildman–Crippen LogP) is 4.37. The van der Waals surface area contributed by atoms with Gasteiger partial charge >= 0.3 is 0 Å². The second-order valence-corrected chi connectivity index (χ2v) is 6.04. The zero-order valence-corrected chi connectivity index (χ0v) is 13.0. The minimum Gasteiger partial charge on any atom is -0.306 e. The topological polar surface area (TPSA) is 30.7 Å². The van der Waals surface area contributed by atoms with Gasteiger partial charge in [-0.1, -0.05) is 49.3 Å². The van der Waals surface area contributed by atoms with E-state index in [4.69, 9.17) is 11.6 Å². The van der Waals surface area contributed by atoms with E-state index >= 15 is 0 Å². The third-order valence-corrected chi connectivity index (χ3v) is 4.11. The lowest BCUT2D eigenvalue weighted by atomic mass is 10.2. The summed E-state index contributed by atoms with van der Waals surface area (Å²) in [5, 5.41) is 10.3. The molecule has 0 fully saturated rings. The maximum Gasteiger partial charge on any atom is 0.191 e. The number of hydrogen-bond acceptors (Lipinski definition) is 3. The van der Waals surface area contributed by atoms with E-state index in [2.05, 4.69) is 41.6 Å². The van der Waals surface area contributed by atoms with Crippen LogP contribution in [0.15, 0.2) is 29.4 Å². The first-order valence-electron chi connectivity index (χ1n) is 6.42. The molecule has 2 rings (SSSR count). The molecule has 19 heavy (non-hydrogen) atoms. The Bertz CT molecular complexity index is 551. The van der Waals surface area contributed by atoms with E-state index < -0.39 is 0 Å². The molecule has 0 saturated carbocycles. The number of nitrogens with zero attached hydrogens (tertiary/aromatic N) is 3. The van der Waals surface area contributed by atoms with Gasteiger partial charge in [-0.15, -0.1) is 10.2 Å². The van der Waals surface area contributed by atoms with Gasteiger partial charge in [-0.05, 0) is 24.6 Å². The van der Waals surface area contributed by atoms with Gasteiger partial charge in [0, 0.05) is 23.2 Å². The molecule has 0 aliphatic rings. The molecule has 0 spiro atoms. The molecular formula is C14H18ClN3S. The minimum absolute atomic E-state index is 0.396. The van der Waals surface area contributed by atoms with Crippen molar-refractivity contribution in [2.75, 3.05) is 0 Å². The van der Waals surface area contributed by atoms with Crippen LogP contribution in [-0.2, 0) is 12.3 Å². The fourth-order valence-corrected chi connectivity index (χ4v) is 3.07. The van der Waals surface area contributed by atoms with Gasteiger partial charge in [-0.25, -0.2) is 0 Å². The number of hydrogen-bond donors (Lipinski definition) is 0. The standard InChI is InChI=1S/C14H18ClN3S/c1-4-18-13(10(2)3)16-17-14(18)19-9-11-6-5-7-12(15)8-11/h5-8,10H,4,9H2,1-3H3. The molecule has 3 nitrogen and oxygen atoms in total. The average molecular weight is 296 g/mol. The van der Waals surface area contributed by atoms with E-state index in [-0.39, 0.29) is 0 Å². The monoisotopic (exact) mass is 295 g/mol. The van der Waals surface area contributed by atoms with Crippen LogP contribution in [0, 0.1) is 0 Å². The maximum atomic E-state index is 5.99. The van der Waals surface area contributed by atoms with Crippen LogP contribution in [0.25, 0.3) is 0 Å². The minimum atomic E-state index is 0.396. The summed E-state index contributed by atoms with van der Waals surface area (Å²) in [6, 6.07) is 7.93. The summed E-state index contributed by atoms with van der Waals surface area (Å²) in [5.74, 6) is 2.31. The molecule has 0 bridgehead atoms. The molecule has 1 aromatic heterocycles. The Morgan fingerprint density at radius 1 is 1.32 bits per heavy atom. The van der Waals surface area contributed by atoms with Crippen molar-refractivity contribution in [3.8, 4) is 0 Å². The number of halogens is 1. The first-order chi connectivity index (χ1) is 9.11. The number of benzene rings is 1. The van der Waals surface area contributed by atoms with Crippen molar-refractivity contribution in [3.63, 3.8) is 0 Å². The summed E-state index contributed by atoms with van der Waals surface area (Å²) < 4.78 is 2.18. The summed E-state index contributed by atoms with van der Waals surface area (Å²) in [5.41, 5.74) is 1.20. The van der Waals surface area contributed by atoms with Crippen LogP contribution in [0.5, 0.6) is 0 Å². The lowest BCUT2D eigenvalue weighted by Crippen LogP contribution is -2.04. The molecule has 102 valence electrons. The second-order valence-electron chi connectivity index (χ2n) is 4.66. The average Bonchev–Trinajstić information content (AvgIpc) is 2.79. The zero-order valence-electron chi connectivity index (χ0n) is 11.4. The third kappa shape index (κ3) is 3.51. The van der Waals surface area contributed by atoms with Gasteiger partial charge in [0.15, 0.2) is 5.16 Å². The first-order valence-corrected chi connectivity index (χ1v) is 7.78. The third-order valence-electron chi connectivity index (χ3n) is 2.84.